The number of para-hydroxylation sites is 2. The van der Waals surface area contributed by atoms with E-state index in [2.05, 4.69) is 16.0 Å². The van der Waals surface area contributed by atoms with Crippen LogP contribution in [0.25, 0.3) is 0 Å². The standard InChI is InChI=1S/C24H20N4O4/c1-15(29)25-19-6-4-5-17(13-19)23(31)26-18-11-9-16(10-12-18)24(32)28-14-22(30)27-20-7-2-3-8-21(20)28/h2-13H,14H2,1H3,(H,25,29)(H,26,31)(H,27,30). The lowest BCUT2D eigenvalue weighted by atomic mass is 10.1. The van der Waals surface area contributed by atoms with Gasteiger partial charge in [0, 0.05) is 29.4 Å². The minimum absolute atomic E-state index is 0.0705. The quantitative estimate of drug-likeness (QED) is 0.591. The summed E-state index contributed by atoms with van der Waals surface area (Å²) in [6, 6.07) is 20.1. The minimum atomic E-state index is -0.349. The zero-order valence-electron chi connectivity index (χ0n) is 17.2. The van der Waals surface area contributed by atoms with Crippen molar-refractivity contribution in [1.29, 1.82) is 0 Å². The number of nitrogens with one attached hydrogen (secondary N) is 3. The summed E-state index contributed by atoms with van der Waals surface area (Å²) in [5.74, 6) is -1.15. The molecule has 0 aliphatic carbocycles. The van der Waals surface area contributed by atoms with Crippen LogP contribution in [-0.4, -0.2) is 30.2 Å². The number of carbonyl (C=O) groups excluding carboxylic acids is 4. The maximum atomic E-state index is 13.0. The van der Waals surface area contributed by atoms with Gasteiger partial charge in [0.2, 0.25) is 11.8 Å². The van der Waals surface area contributed by atoms with E-state index in [0.717, 1.165) is 0 Å². The Labute approximate surface area is 184 Å². The number of anilines is 4. The van der Waals surface area contributed by atoms with Crippen LogP contribution in [0.1, 0.15) is 27.6 Å². The highest BCUT2D eigenvalue weighted by atomic mass is 16.2. The molecule has 0 bridgehead atoms. The van der Waals surface area contributed by atoms with Gasteiger partial charge in [-0.2, -0.15) is 0 Å². The van der Waals surface area contributed by atoms with Crippen LogP contribution in [-0.2, 0) is 9.59 Å². The van der Waals surface area contributed by atoms with Crippen LogP contribution in [0.4, 0.5) is 22.7 Å². The SMILES string of the molecule is CC(=O)Nc1cccc(C(=O)Nc2ccc(C(=O)N3CC(=O)Nc4ccccc43)cc2)c1. The smallest absolute Gasteiger partial charge is 0.258 e. The topological polar surface area (TPSA) is 108 Å². The van der Waals surface area contributed by atoms with Gasteiger partial charge in [0.15, 0.2) is 0 Å². The summed E-state index contributed by atoms with van der Waals surface area (Å²) in [5, 5.41) is 8.16. The molecule has 0 saturated carbocycles. The van der Waals surface area contributed by atoms with E-state index in [1.165, 1.54) is 11.8 Å². The lowest BCUT2D eigenvalue weighted by Gasteiger charge is -2.29. The van der Waals surface area contributed by atoms with E-state index < -0.39 is 0 Å². The predicted octanol–water partition coefficient (Wildman–Crippen LogP) is 3.50. The molecule has 1 aliphatic rings. The molecule has 0 fully saturated rings. The lowest BCUT2D eigenvalue weighted by molar-refractivity contribution is -0.115. The summed E-state index contributed by atoms with van der Waals surface area (Å²) in [4.78, 5) is 50.2. The van der Waals surface area contributed by atoms with Crippen molar-refractivity contribution in [1.82, 2.24) is 0 Å². The van der Waals surface area contributed by atoms with Gasteiger partial charge in [-0.05, 0) is 54.6 Å². The first kappa shape index (κ1) is 20.8. The number of benzene rings is 3. The molecule has 0 spiro atoms. The molecule has 3 N–H and O–H groups in total. The highest BCUT2D eigenvalue weighted by molar-refractivity contribution is 6.15. The first-order valence-electron chi connectivity index (χ1n) is 9.90. The minimum Gasteiger partial charge on any atom is -0.326 e. The summed E-state index contributed by atoms with van der Waals surface area (Å²) in [5.41, 5.74) is 3.02. The zero-order valence-corrected chi connectivity index (χ0v) is 17.2. The third-order valence-corrected chi connectivity index (χ3v) is 4.85. The van der Waals surface area contributed by atoms with Crippen LogP contribution in [0.3, 0.4) is 0 Å². The molecule has 4 rings (SSSR count). The number of nitrogens with zero attached hydrogens (tertiary/aromatic N) is 1. The number of amides is 4. The Morgan fingerprint density at radius 2 is 1.59 bits per heavy atom. The van der Waals surface area contributed by atoms with E-state index in [0.29, 0.717) is 33.9 Å². The van der Waals surface area contributed by atoms with Gasteiger partial charge in [0.25, 0.3) is 11.8 Å². The number of fused-ring (bicyclic) bond motifs is 1. The van der Waals surface area contributed by atoms with E-state index in [4.69, 9.17) is 0 Å². The second-order valence-corrected chi connectivity index (χ2v) is 7.25. The van der Waals surface area contributed by atoms with E-state index in [-0.39, 0.29) is 30.2 Å². The van der Waals surface area contributed by atoms with Crippen molar-refractivity contribution in [3.05, 3.63) is 83.9 Å². The molecular formula is C24H20N4O4. The third-order valence-electron chi connectivity index (χ3n) is 4.85. The molecule has 32 heavy (non-hydrogen) atoms. The number of hydrogen-bond donors (Lipinski definition) is 3. The second kappa shape index (κ2) is 8.73. The van der Waals surface area contributed by atoms with Gasteiger partial charge in [-0.15, -0.1) is 0 Å². The van der Waals surface area contributed by atoms with Crippen LogP contribution in [0.15, 0.2) is 72.8 Å². The Bertz CT molecular complexity index is 1220. The maximum Gasteiger partial charge on any atom is 0.258 e. The summed E-state index contributed by atoms with van der Waals surface area (Å²) in [7, 11) is 0. The fourth-order valence-electron chi connectivity index (χ4n) is 3.41. The fourth-order valence-corrected chi connectivity index (χ4v) is 3.41. The van der Waals surface area contributed by atoms with E-state index in [9.17, 15) is 19.2 Å². The van der Waals surface area contributed by atoms with Gasteiger partial charge in [-0.25, -0.2) is 0 Å². The first-order chi connectivity index (χ1) is 15.4. The zero-order chi connectivity index (χ0) is 22.7. The highest BCUT2D eigenvalue weighted by Crippen LogP contribution is 2.30. The summed E-state index contributed by atoms with van der Waals surface area (Å²) in [6.07, 6.45) is 0. The molecule has 160 valence electrons. The Hall–Kier alpha value is -4.46. The second-order valence-electron chi connectivity index (χ2n) is 7.25. The molecule has 3 aromatic carbocycles. The van der Waals surface area contributed by atoms with E-state index >= 15 is 0 Å². The number of hydrogen-bond acceptors (Lipinski definition) is 4. The fraction of sp³-hybridized carbons (Fsp3) is 0.0833. The van der Waals surface area contributed by atoms with Crippen molar-refractivity contribution in [3.8, 4) is 0 Å². The van der Waals surface area contributed by atoms with Crippen molar-refractivity contribution in [2.24, 2.45) is 0 Å². The Balaban J connectivity index is 1.48. The molecule has 8 nitrogen and oxygen atoms in total. The molecule has 1 heterocycles. The molecule has 0 atom stereocenters. The molecule has 1 aliphatic heterocycles. The Kier molecular flexibility index (Phi) is 5.67. The molecule has 0 radical (unpaired) electrons. The van der Waals surface area contributed by atoms with Gasteiger partial charge < -0.3 is 16.0 Å². The maximum absolute atomic E-state index is 13.0. The van der Waals surface area contributed by atoms with Crippen molar-refractivity contribution in [3.63, 3.8) is 0 Å². The van der Waals surface area contributed by atoms with Crippen molar-refractivity contribution >= 4 is 46.4 Å². The summed E-state index contributed by atoms with van der Waals surface area (Å²) >= 11 is 0. The van der Waals surface area contributed by atoms with Crippen LogP contribution < -0.4 is 20.9 Å². The van der Waals surface area contributed by atoms with Gasteiger partial charge in [0.05, 0.1) is 11.4 Å². The molecule has 0 unspecified atom stereocenters. The Morgan fingerprint density at radius 1 is 0.844 bits per heavy atom. The Morgan fingerprint density at radius 3 is 2.34 bits per heavy atom. The van der Waals surface area contributed by atoms with Gasteiger partial charge in [-0.1, -0.05) is 18.2 Å². The summed E-state index contributed by atoms with van der Waals surface area (Å²) < 4.78 is 0. The van der Waals surface area contributed by atoms with Crippen molar-refractivity contribution in [2.45, 2.75) is 6.92 Å². The molecule has 8 heteroatoms. The summed E-state index contributed by atoms with van der Waals surface area (Å²) in [6.45, 7) is 1.32. The van der Waals surface area contributed by atoms with Crippen LogP contribution in [0, 0.1) is 0 Å². The van der Waals surface area contributed by atoms with Gasteiger partial charge in [0.1, 0.15) is 6.54 Å². The van der Waals surface area contributed by atoms with Crippen molar-refractivity contribution < 1.29 is 19.2 Å². The molecule has 0 saturated heterocycles. The average molecular weight is 428 g/mol. The number of rotatable bonds is 4. The normalized spacial score (nSPS) is 12.4. The van der Waals surface area contributed by atoms with Crippen molar-refractivity contribution in [2.75, 3.05) is 27.4 Å². The molecule has 4 amide bonds. The van der Waals surface area contributed by atoms with Crippen LogP contribution in [0.2, 0.25) is 0 Å². The average Bonchev–Trinajstić information content (AvgIpc) is 2.78. The lowest BCUT2D eigenvalue weighted by Crippen LogP contribution is -2.42. The monoisotopic (exact) mass is 428 g/mol. The van der Waals surface area contributed by atoms with E-state index in [1.54, 1.807) is 72.8 Å². The van der Waals surface area contributed by atoms with E-state index in [1.807, 2.05) is 0 Å². The largest absolute Gasteiger partial charge is 0.326 e. The highest BCUT2D eigenvalue weighted by Gasteiger charge is 2.27. The van der Waals surface area contributed by atoms with Crippen LogP contribution in [0.5, 0.6) is 0 Å². The third kappa shape index (κ3) is 4.49. The number of carbonyl (C=O) groups is 4. The molecular weight excluding hydrogens is 408 g/mol. The first-order valence-corrected chi connectivity index (χ1v) is 9.90. The molecule has 3 aromatic rings. The van der Waals surface area contributed by atoms with Crippen LogP contribution >= 0.6 is 0 Å². The predicted molar refractivity (Wildman–Crippen MR) is 122 cm³/mol. The van der Waals surface area contributed by atoms with Gasteiger partial charge >= 0.3 is 0 Å². The van der Waals surface area contributed by atoms with Gasteiger partial charge in [-0.3, -0.25) is 24.1 Å². The molecule has 0 aromatic heterocycles.